The molecule has 0 spiro atoms. The van der Waals surface area contributed by atoms with Crippen molar-refractivity contribution in [1.29, 1.82) is 0 Å². The zero-order valence-electron chi connectivity index (χ0n) is 11.3. The molecule has 0 aliphatic heterocycles. The molecule has 104 valence electrons. The molecule has 1 aromatic rings. The van der Waals surface area contributed by atoms with Gasteiger partial charge in [-0.1, -0.05) is 6.07 Å². The van der Waals surface area contributed by atoms with Crippen molar-refractivity contribution in [3.8, 4) is 5.75 Å². The van der Waals surface area contributed by atoms with E-state index in [2.05, 4.69) is 0 Å². The van der Waals surface area contributed by atoms with Gasteiger partial charge in [0.25, 0.3) is 0 Å². The molecule has 0 aliphatic carbocycles. The number of benzene rings is 1. The summed E-state index contributed by atoms with van der Waals surface area (Å²) in [7, 11) is 0. The summed E-state index contributed by atoms with van der Waals surface area (Å²) >= 11 is 0. The summed E-state index contributed by atoms with van der Waals surface area (Å²) in [4.78, 5) is 22.7. The maximum Gasteiger partial charge on any atom is 0.338 e. The molecule has 0 saturated heterocycles. The monoisotopic (exact) mass is 266 g/mol. The zero-order valence-corrected chi connectivity index (χ0v) is 11.3. The van der Waals surface area contributed by atoms with E-state index in [0.717, 1.165) is 0 Å². The van der Waals surface area contributed by atoms with E-state index < -0.39 is 11.9 Å². The first kappa shape index (κ1) is 15.2. The van der Waals surface area contributed by atoms with Gasteiger partial charge in [0.05, 0.1) is 12.2 Å². The number of rotatable bonds is 6. The van der Waals surface area contributed by atoms with E-state index in [4.69, 9.17) is 14.2 Å². The number of ether oxygens (including phenoxy) is 3. The molecular formula is C14H18O5. The molecule has 0 heterocycles. The Morgan fingerprint density at radius 3 is 2.68 bits per heavy atom. The molecule has 1 rings (SSSR count). The third kappa shape index (κ3) is 5.52. The highest BCUT2D eigenvalue weighted by molar-refractivity contribution is 5.90. The van der Waals surface area contributed by atoms with Crippen molar-refractivity contribution >= 4 is 11.9 Å². The van der Waals surface area contributed by atoms with Gasteiger partial charge >= 0.3 is 11.9 Å². The van der Waals surface area contributed by atoms with Crippen LogP contribution in [-0.4, -0.2) is 31.3 Å². The maximum absolute atomic E-state index is 11.8. The van der Waals surface area contributed by atoms with Crippen molar-refractivity contribution in [3.05, 3.63) is 29.8 Å². The predicted octanol–water partition coefficient (Wildman–Crippen LogP) is 2.19. The number of hydrogen-bond acceptors (Lipinski definition) is 5. The molecule has 0 bridgehead atoms. The Bertz CT molecular complexity index is 441. The van der Waals surface area contributed by atoms with Gasteiger partial charge in [0.15, 0.2) is 0 Å². The number of carbonyl (C=O) groups excluding carboxylic acids is 2. The molecule has 0 radical (unpaired) electrons. The van der Waals surface area contributed by atoms with E-state index in [1.807, 2.05) is 6.92 Å². The van der Waals surface area contributed by atoms with Crippen molar-refractivity contribution in [2.75, 3.05) is 13.2 Å². The predicted molar refractivity (Wildman–Crippen MR) is 69.1 cm³/mol. The summed E-state index contributed by atoms with van der Waals surface area (Å²) in [6.45, 7) is 5.85. The van der Waals surface area contributed by atoms with Crippen molar-refractivity contribution in [2.24, 2.45) is 0 Å². The van der Waals surface area contributed by atoms with Crippen molar-refractivity contribution in [2.45, 2.75) is 26.9 Å². The van der Waals surface area contributed by atoms with Gasteiger partial charge in [-0.3, -0.25) is 4.79 Å². The van der Waals surface area contributed by atoms with Crippen molar-refractivity contribution < 1.29 is 23.8 Å². The Morgan fingerprint density at radius 1 is 1.32 bits per heavy atom. The lowest BCUT2D eigenvalue weighted by molar-refractivity contribution is -0.131. The van der Waals surface area contributed by atoms with Crippen LogP contribution in [0.5, 0.6) is 5.75 Å². The Morgan fingerprint density at radius 2 is 2.05 bits per heavy atom. The van der Waals surface area contributed by atoms with Gasteiger partial charge < -0.3 is 14.2 Å². The smallest absolute Gasteiger partial charge is 0.338 e. The molecule has 1 atom stereocenters. The fourth-order valence-corrected chi connectivity index (χ4v) is 1.42. The Kier molecular flexibility index (Phi) is 6.02. The van der Waals surface area contributed by atoms with Gasteiger partial charge in [-0.25, -0.2) is 4.79 Å². The van der Waals surface area contributed by atoms with Crippen LogP contribution in [0.1, 0.15) is 31.1 Å². The van der Waals surface area contributed by atoms with E-state index in [1.54, 1.807) is 25.1 Å². The molecule has 1 aromatic carbocycles. The van der Waals surface area contributed by atoms with Crippen LogP contribution < -0.4 is 4.74 Å². The fourth-order valence-electron chi connectivity index (χ4n) is 1.42. The standard InChI is InChI=1S/C14H18O5/c1-4-17-9-10(2)18-14(16)12-6-5-7-13(8-12)19-11(3)15/h5-8,10H,4,9H2,1-3H3. The second-order valence-electron chi connectivity index (χ2n) is 4.00. The van der Waals surface area contributed by atoms with E-state index >= 15 is 0 Å². The highest BCUT2D eigenvalue weighted by Gasteiger charge is 2.13. The number of carbonyl (C=O) groups is 2. The molecule has 0 N–H and O–H groups in total. The molecule has 0 aromatic heterocycles. The van der Waals surface area contributed by atoms with Crippen LogP contribution in [-0.2, 0) is 14.3 Å². The molecule has 0 saturated carbocycles. The first-order valence-electron chi connectivity index (χ1n) is 6.10. The second kappa shape index (κ2) is 7.53. The summed E-state index contributed by atoms with van der Waals surface area (Å²) in [5.74, 6) is -0.587. The highest BCUT2D eigenvalue weighted by Crippen LogP contribution is 2.15. The summed E-state index contributed by atoms with van der Waals surface area (Å²) in [6, 6.07) is 6.30. The number of esters is 2. The van der Waals surface area contributed by atoms with Crippen LogP contribution in [0.4, 0.5) is 0 Å². The van der Waals surface area contributed by atoms with Crippen molar-refractivity contribution in [3.63, 3.8) is 0 Å². The summed E-state index contributed by atoms with van der Waals surface area (Å²) in [5.41, 5.74) is 0.335. The van der Waals surface area contributed by atoms with Crippen LogP contribution in [0.2, 0.25) is 0 Å². The minimum Gasteiger partial charge on any atom is -0.457 e. The highest BCUT2D eigenvalue weighted by atomic mass is 16.6. The molecule has 1 unspecified atom stereocenters. The normalized spacial score (nSPS) is 11.7. The first-order chi connectivity index (χ1) is 9.02. The van der Waals surface area contributed by atoms with Gasteiger partial charge in [-0.05, 0) is 32.0 Å². The average molecular weight is 266 g/mol. The largest absolute Gasteiger partial charge is 0.457 e. The zero-order chi connectivity index (χ0) is 14.3. The molecule has 5 heteroatoms. The SMILES string of the molecule is CCOCC(C)OC(=O)c1cccc(OC(C)=O)c1. The lowest BCUT2D eigenvalue weighted by Crippen LogP contribution is -2.20. The van der Waals surface area contributed by atoms with E-state index in [9.17, 15) is 9.59 Å². The Labute approximate surface area is 112 Å². The second-order valence-corrected chi connectivity index (χ2v) is 4.00. The minimum absolute atomic E-state index is 0.319. The molecule has 0 aliphatic rings. The van der Waals surface area contributed by atoms with Crippen LogP contribution >= 0.6 is 0 Å². The quantitative estimate of drug-likeness (QED) is 0.583. The lowest BCUT2D eigenvalue weighted by atomic mass is 10.2. The minimum atomic E-state index is -0.471. The number of hydrogen-bond donors (Lipinski definition) is 0. The van der Waals surface area contributed by atoms with Gasteiger partial charge in [-0.15, -0.1) is 0 Å². The lowest BCUT2D eigenvalue weighted by Gasteiger charge is -2.13. The Hall–Kier alpha value is -1.88. The average Bonchev–Trinajstić information content (AvgIpc) is 2.35. The molecule has 0 amide bonds. The van der Waals surface area contributed by atoms with Gasteiger partial charge in [0.2, 0.25) is 0 Å². The fraction of sp³-hybridized carbons (Fsp3) is 0.429. The van der Waals surface area contributed by atoms with Gasteiger partial charge in [0.1, 0.15) is 11.9 Å². The van der Waals surface area contributed by atoms with Gasteiger partial charge in [-0.2, -0.15) is 0 Å². The molecule has 19 heavy (non-hydrogen) atoms. The summed E-state index contributed by atoms with van der Waals surface area (Å²) < 4.78 is 15.3. The third-order valence-electron chi connectivity index (χ3n) is 2.20. The summed E-state index contributed by atoms with van der Waals surface area (Å²) in [6.07, 6.45) is -0.329. The van der Waals surface area contributed by atoms with Crippen molar-refractivity contribution in [1.82, 2.24) is 0 Å². The summed E-state index contributed by atoms with van der Waals surface area (Å²) in [5, 5.41) is 0. The molecular weight excluding hydrogens is 248 g/mol. The van der Waals surface area contributed by atoms with Gasteiger partial charge in [0, 0.05) is 13.5 Å². The topological polar surface area (TPSA) is 61.8 Å². The van der Waals surface area contributed by atoms with Crippen LogP contribution in [0.15, 0.2) is 24.3 Å². The van der Waals surface area contributed by atoms with E-state index in [1.165, 1.54) is 13.0 Å². The van der Waals surface area contributed by atoms with Crippen LogP contribution in [0.25, 0.3) is 0 Å². The van der Waals surface area contributed by atoms with Crippen LogP contribution in [0.3, 0.4) is 0 Å². The maximum atomic E-state index is 11.8. The Balaban J connectivity index is 2.63. The molecule has 0 fully saturated rings. The third-order valence-corrected chi connectivity index (χ3v) is 2.20. The first-order valence-corrected chi connectivity index (χ1v) is 6.10. The van der Waals surface area contributed by atoms with E-state index in [-0.39, 0.29) is 6.10 Å². The molecule has 5 nitrogen and oxygen atoms in total. The van der Waals surface area contributed by atoms with Crippen LogP contribution in [0, 0.1) is 0 Å². The van der Waals surface area contributed by atoms with E-state index in [0.29, 0.717) is 24.5 Å².